The van der Waals surface area contributed by atoms with E-state index in [4.69, 9.17) is 20.2 Å². The molecule has 0 radical (unpaired) electrons. The van der Waals surface area contributed by atoms with Crippen LogP contribution in [0.15, 0.2) is 42.6 Å². The van der Waals surface area contributed by atoms with E-state index in [1.165, 1.54) is 0 Å². The normalized spacial score (nSPS) is 16.6. The van der Waals surface area contributed by atoms with Gasteiger partial charge >= 0.3 is 6.09 Å². The van der Waals surface area contributed by atoms with E-state index in [1.54, 1.807) is 11.1 Å². The fourth-order valence-electron chi connectivity index (χ4n) is 4.68. The largest absolute Gasteiger partial charge is 0.447 e. The molecule has 1 fully saturated rings. The lowest BCUT2D eigenvalue weighted by Crippen LogP contribution is -2.48. The lowest BCUT2D eigenvalue weighted by atomic mass is 9.92. The summed E-state index contributed by atoms with van der Waals surface area (Å²) in [5.41, 5.74) is 8.20. The minimum absolute atomic E-state index is 0.0653. The fraction of sp³-hybridized carbons (Fsp3) is 0.444. The second-order valence-electron chi connectivity index (χ2n) is 10.8. The summed E-state index contributed by atoms with van der Waals surface area (Å²) < 4.78 is 13.2. The van der Waals surface area contributed by atoms with Gasteiger partial charge in [-0.2, -0.15) is 20.2 Å². The number of hydrogen-bond acceptors (Lipinski definition) is 10. The Hall–Kier alpha value is -4.23. The van der Waals surface area contributed by atoms with Gasteiger partial charge in [-0.05, 0) is 5.56 Å². The van der Waals surface area contributed by atoms with Gasteiger partial charge in [-0.25, -0.2) is 4.79 Å². The van der Waals surface area contributed by atoms with Crippen LogP contribution in [0.3, 0.4) is 0 Å². The number of aryl methyl sites for hydroxylation is 1. The van der Waals surface area contributed by atoms with Gasteiger partial charge in [0.05, 0.1) is 36.9 Å². The van der Waals surface area contributed by atoms with Gasteiger partial charge in [0.15, 0.2) is 11.5 Å². The molecule has 4 aromatic rings. The maximum absolute atomic E-state index is 12.9. The minimum atomic E-state index is -0.415. The summed E-state index contributed by atoms with van der Waals surface area (Å²) in [5.74, 6) is 1.55. The van der Waals surface area contributed by atoms with Gasteiger partial charge in [-0.15, -0.1) is 0 Å². The Morgan fingerprint density at radius 1 is 1.27 bits per heavy atom. The molecule has 3 aromatic heterocycles. The van der Waals surface area contributed by atoms with E-state index in [-0.39, 0.29) is 18.1 Å². The van der Waals surface area contributed by atoms with Crippen molar-refractivity contribution in [2.75, 3.05) is 43.5 Å². The number of aromatic amines is 1. The predicted octanol–water partition coefficient (Wildman–Crippen LogP) is 3.08. The molecule has 0 aliphatic carbocycles. The molecule has 0 saturated carbocycles. The first kappa shape index (κ1) is 27.3. The van der Waals surface area contributed by atoms with Crippen LogP contribution in [0.2, 0.25) is 0 Å². The van der Waals surface area contributed by atoms with Crippen LogP contribution in [-0.4, -0.2) is 79.9 Å². The monoisotopic (exact) mass is 548 g/mol. The molecule has 0 spiro atoms. The molecule has 5 N–H and O–H groups in total. The number of carbonyl (C=O) groups excluding carboxylic acids is 1. The Bertz CT molecular complexity index is 1450. The first-order chi connectivity index (χ1) is 19.2. The number of nitrogens with two attached hydrogens (primary N) is 1. The summed E-state index contributed by atoms with van der Waals surface area (Å²) in [6.07, 6.45) is 1.06. The Morgan fingerprint density at radius 2 is 2.08 bits per heavy atom. The van der Waals surface area contributed by atoms with Crippen LogP contribution in [0.1, 0.15) is 38.1 Å². The molecule has 40 heavy (non-hydrogen) atoms. The van der Waals surface area contributed by atoms with Gasteiger partial charge in [0.1, 0.15) is 12.4 Å². The number of rotatable bonds is 8. The SMILES string of the molecule is Cn1nc(Nc2nc(N[C@@H](COC(=O)N3CCO[C@H](CN)C3)c3ccccc3)nc3[nH]ncc23)cc1C(C)(C)C. The van der Waals surface area contributed by atoms with E-state index in [1.807, 2.05) is 48.1 Å². The molecule has 1 aromatic carbocycles. The number of H-pyrrole nitrogens is 1. The second kappa shape index (κ2) is 11.5. The standard InChI is InChI=1S/C27H36N10O3/c1-27(2,3)21-12-22(35-36(21)4)31-23-19-14-29-34-24(19)33-25(32-23)30-20(17-8-6-5-7-9-17)16-40-26(38)37-10-11-39-18(13-28)15-37/h5-9,12,14,18,20H,10-11,13,15-16,28H2,1-4H3,(H3,29,30,31,32,33,34,35)/t18-,20+/m1/s1. The van der Waals surface area contributed by atoms with Crippen molar-refractivity contribution in [3.63, 3.8) is 0 Å². The topological polar surface area (TPSA) is 161 Å². The van der Waals surface area contributed by atoms with Gasteiger partial charge in [-0.3, -0.25) is 9.78 Å². The number of benzene rings is 1. The molecule has 1 saturated heterocycles. The third kappa shape index (κ3) is 6.15. The van der Waals surface area contributed by atoms with Crippen LogP contribution >= 0.6 is 0 Å². The van der Waals surface area contributed by atoms with Crippen molar-refractivity contribution in [3.8, 4) is 0 Å². The summed E-state index contributed by atoms with van der Waals surface area (Å²) in [6, 6.07) is 11.3. The molecule has 0 unspecified atom stereocenters. The Labute approximate surface area is 232 Å². The molecular formula is C27H36N10O3. The summed E-state index contributed by atoms with van der Waals surface area (Å²) in [4.78, 5) is 23.8. The summed E-state index contributed by atoms with van der Waals surface area (Å²) in [5, 5.41) is 19.1. The molecule has 13 heteroatoms. The van der Waals surface area contributed by atoms with E-state index >= 15 is 0 Å². The van der Waals surface area contributed by atoms with Crippen molar-refractivity contribution in [1.29, 1.82) is 0 Å². The van der Waals surface area contributed by atoms with E-state index in [0.29, 0.717) is 49.5 Å². The lowest BCUT2D eigenvalue weighted by molar-refractivity contribution is -0.0228. The van der Waals surface area contributed by atoms with Crippen LogP contribution in [0.4, 0.5) is 22.4 Å². The number of morpholine rings is 1. The smallest absolute Gasteiger partial charge is 0.410 e. The van der Waals surface area contributed by atoms with Gasteiger partial charge in [0.2, 0.25) is 5.95 Å². The average molecular weight is 549 g/mol. The summed E-state index contributed by atoms with van der Waals surface area (Å²) in [6.45, 7) is 8.12. The molecule has 2 atom stereocenters. The van der Waals surface area contributed by atoms with E-state index in [9.17, 15) is 4.79 Å². The molecule has 1 aliphatic heterocycles. The quantitative estimate of drug-likeness (QED) is 0.257. The third-order valence-electron chi connectivity index (χ3n) is 6.74. The number of amides is 1. The molecule has 5 rings (SSSR count). The molecule has 1 amide bonds. The van der Waals surface area contributed by atoms with Gasteiger partial charge in [0.25, 0.3) is 0 Å². The van der Waals surface area contributed by atoms with E-state index < -0.39 is 12.1 Å². The highest BCUT2D eigenvalue weighted by atomic mass is 16.6. The molecular weight excluding hydrogens is 512 g/mol. The van der Waals surface area contributed by atoms with Crippen molar-refractivity contribution in [3.05, 3.63) is 53.9 Å². The first-order valence-corrected chi connectivity index (χ1v) is 13.3. The molecule has 13 nitrogen and oxygen atoms in total. The Kier molecular flexibility index (Phi) is 7.85. The predicted molar refractivity (Wildman–Crippen MR) is 151 cm³/mol. The van der Waals surface area contributed by atoms with Crippen LogP contribution in [-0.2, 0) is 21.9 Å². The maximum atomic E-state index is 12.9. The number of nitrogens with one attached hydrogen (secondary N) is 3. The number of carbonyl (C=O) groups is 1. The van der Waals surface area contributed by atoms with Crippen molar-refractivity contribution >= 4 is 34.7 Å². The fourth-order valence-corrected chi connectivity index (χ4v) is 4.68. The first-order valence-electron chi connectivity index (χ1n) is 13.3. The van der Waals surface area contributed by atoms with Crippen LogP contribution < -0.4 is 16.4 Å². The zero-order chi connectivity index (χ0) is 28.3. The summed E-state index contributed by atoms with van der Waals surface area (Å²) >= 11 is 0. The lowest BCUT2D eigenvalue weighted by Gasteiger charge is -2.32. The zero-order valence-electron chi connectivity index (χ0n) is 23.2. The van der Waals surface area contributed by atoms with Crippen molar-refractivity contribution in [2.45, 2.75) is 38.3 Å². The van der Waals surface area contributed by atoms with Crippen molar-refractivity contribution in [1.82, 2.24) is 34.8 Å². The Morgan fingerprint density at radius 3 is 2.80 bits per heavy atom. The number of nitrogens with zero attached hydrogens (tertiary/aromatic N) is 6. The highest BCUT2D eigenvalue weighted by Crippen LogP contribution is 2.29. The third-order valence-corrected chi connectivity index (χ3v) is 6.74. The highest BCUT2D eigenvalue weighted by molar-refractivity contribution is 5.88. The highest BCUT2D eigenvalue weighted by Gasteiger charge is 2.26. The summed E-state index contributed by atoms with van der Waals surface area (Å²) in [7, 11) is 1.92. The van der Waals surface area contributed by atoms with Gasteiger partial charge < -0.3 is 30.7 Å². The number of aromatic nitrogens is 6. The van der Waals surface area contributed by atoms with Crippen LogP contribution in [0, 0.1) is 0 Å². The number of fused-ring (bicyclic) bond motifs is 1. The van der Waals surface area contributed by atoms with Gasteiger partial charge in [-0.1, -0.05) is 51.1 Å². The minimum Gasteiger partial charge on any atom is -0.447 e. The van der Waals surface area contributed by atoms with Crippen LogP contribution in [0.5, 0.6) is 0 Å². The van der Waals surface area contributed by atoms with E-state index in [2.05, 4.69) is 51.7 Å². The molecule has 212 valence electrons. The molecule has 0 bridgehead atoms. The second-order valence-corrected chi connectivity index (χ2v) is 10.8. The van der Waals surface area contributed by atoms with Crippen molar-refractivity contribution in [2.24, 2.45) is 12.8 Å². The van der Waals surface area contributed by atoms with Gasteiger partial charge in [0, 0.05) is 37.3 Å². The van der Waals surface area contributed by atoms with Crippen LogP contribution in [0.25, 0.3) is 11.0 Å². The number of anilines is 3. The van der Waals surface area contributed by atoms with E-state index in [0.717, 1.165) is 16.6 Å². The Balaban J connectivity index is 1.37. The molecule has 4 heterocycles. The zero-order valence-corrected chi connectivity index (χ0v) is 23.2. The number of ether oxygens (including phenoxy) is 2. The maximum Gasteiger partial charge on any atom is 0.410 e. The van der Waals surface area contributed by atoms with Crippen molar-refractivity contribution < 1.29 is 14.3 Å². The molecule has 1 aliphatic rings. The number of hydrogen-bond donors (Lipinski definition) is 4. The average Bonchev–Trinajstić information content (AvgIpc) is 3.57.